The average molecular weight is 286 g/mol. The van der Waals surface area contributed by atoms with Crippen molar-refractivity contribution in [3.8, 4) is 0 Å². The van der Waals surface area contributed by atoms with Crippen LogP contribution in [0.15, 0.2) is 0 Å². The molecule has 0 radical (unpaired) electrons. The molecular formula is C12H22N4O4. The molecule has 1 aromatic heterocycles. The Labute approximate surface area is 117 Å². The van der Waals surface area contributed by atoms with Crippen LogP contribution in [0.2, 0.25) is 0 Å². The third-order valence-corrected chi connectivity index (χ3v) is 3.14. The molecule has 0 saturated carbocycles. The van der Waals surface area contributed by atoms with Crippen molar-refractivity contribution in [1.29, 1.82) is 0 Å². The topological polar surface area (TPSA) is 113 Å². The second-order valence-corrected chi connectivity index (χ2v) is 4.83. The molecule has 1 aromatic rings. The highest BCUT2D eigenvalue weighted by atomic mass is 16.6. The van der Waals surface area contributed by atoms with Crippen molar-refractivity contribution in [2.75, 3.05) is 13.1 Å². The van der Waals surface area contributed by atoms with Crippen LogP contribution in [0.3, 0.4) is 0 Å². The Kier molecular flexibility index (Phi) is 6.05. The maximum absolute atomic E-state index is 10.9. The van der Waals surface area contributed by atoms with Crippen LogP contribution in [0.1, 0.15) is 24.7 Å². The smallest absolute Gasteiger partial charge is 0.312 e. The minimum Gasteiger partial charge on any atom is -0.392 e. The summed E-state index contributed by atoms with van der Waals surface area (Å²) < 4.78 is 1.44. The first-order chi connectivity index (χ1) is 9.36. The molecule has 3 N–H and O–H groups in total. The number of hydrogen-bond acceptors (Lipinski definition) is 6. The van der Waals surface area contributed by atoms with Crippen LogP contribution in [0, 0.1) is 24.0 Å². The molecule has 0 aliphatic rings. The maximum Gasteiger partial charge on any atom is 0.312 e. The molecule has 0 aromatic carbocycles. The van der Waals surface area contributed by atoms with Crippen LogP contribution >= 0.6 is 0 Å². The fraction of sp³-hybridized carbons (Fsp3) is 0.750. The van der Waals surface area contributed by atoms with E-state index in [0.29, 0.717) is 30.9 Å². The Morgan fingerprint density at radius 3 is 2.45 bits per heavy atom. The van der Waals surface area contributed by atoms with Crippen LogP contribution in [0.25, 0.3) is 0 Å². The third kappa shape index (κ3) is 4.26. The van der Waals surface area contributed by atoms with Crippen molar-refractivity contribution in [3.63, 3.8) is 0 Å². The first-order valence-corrected chi connectivity index (χ1v) is 6.62. The van der Waals surface area contributed by atoms with Crippen molar-refractivity contribution >= 4 is 5.69 Å². The van der Waals surface area contributed by atoms with Gasteiger partial charge in [-0.3, -0.25) is 14.8 Å². The zero-order chi connectivity index (χ0) is 15.3. The number of rotatable bonds is 8. The summed E-state index contributed by atoms with van der Waals surface area (Å²) in [6.07, 6.45) is -0.513. The SMILES string of the molecule is CCC(O)CNCC(O)Cn1nc(C)c([N+](=O)[O-])c1C. The summed E-state index contributed by atoms with van der Waals surface area (Å²) in [7, 11) is 0. The van der Waals surface area contributed by atoms with Gasteiger partial charge < -0.3 is 15.5 Å². The Balaban J connectivity index is 2.56. The van der Waals surface area contributed by atoms with E-state index < -0.39 is 17.1 Å². The molecule has 0 aliphatic carbocycles. The highest BCUT2D eigenvalue weighted by Crippen LogP contribution is 2.21. The van der Waals surface area contributed by atoms with Crippen molar-refractivity contribution in [3.05, 3.63) is 21.5 Å². The van der Waals surface area contributed by atoms with Crippen molar-refractivity contribution in [1.82, 2.24) is 15.1 Å². The van der Waals surface area contributed by atoms with E-state index in [1.807, 2.05) is 6.92 Å². The number of aliphatic hydroxyl groups is 2. The molecule has 1 rings (SSSR count). The van der Waals surface area contributed by atoms with Crippen molar-refractivity contribution in [2.24, 2.45) is 0 Å². The fourth-order valence-corrected chi connectivity index (χ4v) is 1.95. The normalized spacial score (nSPS) is 14.2. The van der Waals surface area contributed by atoms with Gasteiger partial charge in [-0.1, -0.05) is 6.92 Å². The van der Waals surface area contributed by atoms with Gasteiger partial charge in [-0.05, 0) is 20.3 Å². The zero-order valence-electron chi connectivity index (χ0n) is 12.0. The van der Waals surface area contributed by atoms with Gasteiger partial charge in [0.2, 0.25) is 0 Å². The van der Waals surface area contributed by atoms with Crippen molar-refractivity contribution < 1.29 is 15.1 Å². The average Bonchev–Trinajstić information content (AvgIpc) is 2.63. The van der Waals surface area contributed by atoms with Gasteiger partial charge in [0.05, 0.1) is 23.7 Å². The van der Waals surface area contributed by atoms with Gasteiger partial charge >= 0.3 is 5.69 Å². The number of aliphatic hydroxyl groups excluding tert-OH is 2. The zero-order valence-corrected chi connectivity index (χ0v) is 12.0. The van der Waals surface area contributed by atoms with Gasteiger partial charge in [0.1, 0.15) is 11.4 Å². The standard InChI is InChI=1S/C12H22N4O4/c1-4-10(17)5-13-6-11(18)7-15-9(3)12(16(19)20)8(2)14-15/h10-11,13,17-18H,4-7H2,1-3H3. The monoisotopic (exact) mass is 286 g/mol. The Bertz CT molecular complexity index is 461. The van der Waals surface area contributed by atoms with Crippen LogP contribution in [-0.4, -0.2) is 50.2 Å². The second kappa shape index (κ2) is 7.32. The summed E-state index contributed by atoms with van der Waals surface area (Å²) >= 11 is 0. The fourth-order valence-electron chi connectivity index (χ4n) is 1.95. The predicted octanol–water partition coefficient (Wildman–Crippen LogP) is 0.130. The van der Waals surface area contributed by atoms with E-state index in [4.69, 9.17) is 0 Å². The minimum absolute atomic E-state index is 0.00781. The van der Waals surface area contributed by atoms with E-state index >= 15 is 0 Å². The molecule has 114 valence electrons. The lowest BCUT2D eigenvalue weighted by Crippen LogP contribution is -2.35. The predicted molar refractivity (Wildman–Crippen MR) is 73.5 cm³/mol. The lowest BCUT2D eigenvalue weighted by atomic mass is 10.2. The van der Waals surface area contributed by atoms with E-state index in [9.17, 15) is 20.3 Å². The van der Waals surface area contributed by atoms with Crippen LogP contribution in [-0.2, 0) is 6.54 Å². The van der Waals surface area contributed by atoms with Crippen LogP contribution < -0.4 is 5.32 Å². The first-order valence-electron chi connectivity index (χ1n) is 6.62. The van der Waals surface area contributed by atoms with E-state index in [-0.39, 0.29) is 12.2 Å². The van der Waals surface area contributed by atoms with Gasteiger partial charge in [0, 0.05) is 13.1 Å². The molecule has 1 heterocycles. The van der Waals surface area contributed by atoms with Gasteiger partial charge in [-0.15, -0.1) is 0 Å². The molecule has 0 saturated heterocycles. The molecule has 8 heteroatoms. The highest BCUT2D eigenvalue weighted by molar-refractivity contribution is 5.39. The van der Waals surface area contributed by atoms with E-state index in [2.05, 4.69) is 10.4 Å². The van der Waals surface area contributed by atoms with Crippen molar-refractivity contribution in [2.45, 2.75) is 45.9 Å². The number of hydrogen-bond donors (Lipinski definition) is 3. The first kappa shape index (κ1) is 16.5. The van der Waals surface area contributed by atoms with E-state index in [1.165, 1.54) is 4.68 Å². The van der Waals surface area contributed by atoms with Gasteiger partial charge in [0.25, 0.3) is 0 Å². The van der Waals surface area contributed by atoms with Gasteiger partial charge in [0.15, 0.2) is 0 Å². The minimum atomic E-state index is -0.725. The summed E-state index contributed by atoms with van der Waals surface area (Å²) in [5.74, 6) is 0. The summed E-state index contributed by atoms with van der Waals surface area (Å²) in [5.41, 5.74) is 0.765. The molecule has 20 heavy (non-hydrogen) atoms. The molecule has 0 fully saturated rings. The molecule has 0 amide bonds. The lowest BCUT2D eigenvalue weighted by Gasteiger charge is -2.14. The quantitative estimate of drug-likeness (QED) is 0.462. The van der Waals surface area contributed by atoms with Gasteiger partial charge in [-0.25, -0.2) is 0 Å². The van der Waals surface area contributed by atoms with Gasteiger partial charge in [-0.2, -0.15) is 5.10 Å². The highest BCUT2D eigenvalue weighted by Gasteiger charge is 2.22. The molecule has 0 bridgehead atoms. The third-order valence-electron chi connectivity index (χ3n) is 3.14. The molecule has 2 atom stereocenters. The molecule has 8 nitrogen and oxygen atoms in total. The summed E-state index contributed by atoms with van der Waals surface area (Å²) in [5, 5.41) is 37.1. The number of aryl methyl sites for hydroxylation is 1. The number of aromatic nitrogens is 2. The molecular weight excluding hydrogens is 264 g/mol. The van der Waals surface area contributed by atoms with E-state index in [0.717, 1.165) is 0 Å². The van der Waals surface area contributed by atoms with Crippen LogP contribution in [0.4, 0.5) is 5.69 Å². The molecule has 0 spiro atoms. The molecule has 2 unspecified atom stereocenters. The Hall–Kier alpha value is -1.51. The second-order valence-electron chi connectivity index (χ2n) is 4.83. The molecule has 0 aliphatic heterocycles. The summed E-state index contributed by atoms with van der Waals surface area (Å²) in [6.45, 7) is 5.94. The number of nitro groups is 1. The summed E-state index contributed by atoms with van der Waals surface area (Å²) in [6, 6.07) is 0. The maximum atomic E-state index is 10.9. The number of nitrogens with zero attached hydrogens (tertiary/aromatic N) is 3. The summed E-state index contributed by atoms with van der Waals surface area (Å²) in [4.78, 5) is 10.4. The largest absolute Gasteiger partial charge is 0.392 e. The Morgan fingerprint density at radius 2 is 1.95 bits per heavy atom. The van der Waals surface area contributed by atoms with Crippen LogP contribution in [0.5, 0.6) is 0 Å². The Morgan fingerprint density at radius 1 is 1.35 bits per heavy atom. The lowest BCUT2D eigenvalue weighted by molar-refractivity contribution is -0.386. The van der Waals surface area contributed by atoms with E-state index in [1.54, 1.807) is 13.8 Å². The number of nitrogens with one attached hydrogen (secondary N) is 1.